The van der Waals surface area contributed by atoms with Gasteiger partial charge in [0.25, 0.3) is 0 Å². The fourth-order valence-corrected chi connectivity index (χ4v) is 3.17. The van der Waals surface area contributed by atoms with E-state index < -0.39 is 0 Å². The molecule has 1 aromatic carbocycles. The van der Waals surface area contributed by atoms with Crippen molar-refractivity contribution in [3.63, 3.8) is 0 Å². The molecule has 1 aliphatic rings. The van der Waals surface area contributed by atoms with E-state index in [1.165, 1.54) is 11.3 Å². The molecule has 0 amide bonds. The van der Waals surface area contributed by atoms with E-state index in [4.69, 9.17) is 16.3 Å². The van der Waals surface area contributed by atoms with Crippen LogP contribution in [0, 0.1) is 0 Å². The van der Waals surface area contributed by atoms with Crippen molar-refractivity contribution >= 4 is 45.5 Å². The number of ether oxygens (including phenoxy) is 1. The lowest BCUT2D eigenvalue weighted by atomic mass is 10.2. The number of thiophene rings is 1. The van der Waals surface area contributed by atoms with Crippen LogP contribution in [0.4, 0.5) is 5.82 Å². The van der Waals surface area contributed by atoms with Gasteiger partial charge in [-0.15, -0.1) is 11.3 Å². The number of nitrogens with zero attached hydrogens (tertiary/aromatic N) is 3. The van der Waals surface area contributed by atoms with E-state index in [2.05, 4.69) is 15.4 Å². The van der Waals surface area contributed by atoms with Crippen molar-refractivity contribution in [3.05, 3.63) is 52.2 Å². The first kappa shape index (κ1) is 15.2. The average molecular weight is 361 g/mol. The average Bonchev–Trinajstić information content (AvgIpc) is 3.05. The van der Waals surface area contributed by atoms with E-state index in [9.17, 15) is 5.11 Å². The van der Waals surface area contributed by atoms with Gasteiger partial charge in [0.1, 0.15) is 0 Å². The maximum absolute atomic E-state index is 10.4. The number of rotatable bonds is 2. The summed E-state index contributed by atoms with van der Waals surface area (Å²) in [5.41, 5.74) is 4.87. The summed E-state index contributed by atoms with van der Waals surface area (Å²) in [5, 5.41) is 15.3. The molecule has 24 heavy (non-hydrogen) atoms. The van der Waals surface area contributed by atoms with Crippen LogP contribution in [0.15, 0.2) is 41.5 Å². The summed E-state index contributed by atoms with van der Waals surface area (Å²) in [5.74, 6) is 0.920. The number of hydrogen-bond donors (Lipinski definition) is 2. The molecule has 0 radical (unpaired) electrons. The van der Waals surface area contributed by atoms with Gasteiger partial charge in [-0.2, -0.15) is 0 Å². The molecule has 1 aliphatic heterocycles. The van der Waals surface area contributed by atoms with E-state index in [-0.39, 0.29) is 12.3 Å². The Kier molecular flexibility index (Phi) is 3.76. The highest BCUT2D eigenvalue weighted by atomic mass is 35.5. The minimum atomic E-state index is 0.0599. The van der Waals surface area contributed by atoms with Crippen LogP contribution in [0.3, 0.4) is 0 Å². The molecule has 0 saturated heterocycles. The molecule has 0 atom stereocenters. The summed E-state index contributed by atoms with van der Waals surface area (Å²) in [6, 6.07) is 9.03. The van der Waals surface area contributed by atoms with Crippen molar-refractivity contribution in [2.45, 2.75) is 0 Å². The number of aromatic nitrogens is 2. The number of halogens is 1. The van der Waals surface area contributed by atoms with Gasteiger partial charge in [-0.25, -0.2) is 15.4 Å². The number of hydrogen-bond acceptors (Lipinski definition) is 7. The SMILES string of the molecule is CN1NCC(O)=C(Oc2cccs2)c2nc3cc(Cl)ccc3nc21. The predicted octanol–water partition coefficient (Wildman–Crippen LogP) is 3.60. The Hall–Kier alpha value is -2.35. The van der Waals surface area contributed by atoms with Crippen molar-refractivity contribution in [3.8, 4) is 5.06 Å². The zero-order valence-corrected chi connectivity index (χ0v) is 14.2. The van der Waals surface area contributed by atoms with Crippen molar-refractivity contribution < 1.29 is 9.84 Å². The summed E-state index contributed by atoms with van der Waals surface area (Å²) in [6.07, 6.45) is 0. The summed E-state index contributed by atoms with van der Waals surface area (Å²) < 4.78 is 5.89. The van der Waals surface area contributed by atoms with Crippen LogP contribution < -0.4 is 15.2 Å². The van der Waals surface area contributed by atoms with Gasteiger partial charge < -0.3 is 9.84 Å². The van der Waals surface area contributed by atoms with Crippen molar-refractivity contribution in [1.29, 1.82) is 0 Å². The van der Waals surface area contributed by atoms with Crippen LogP contribution in [0.5, 0.6) is 5.06 Å². The van der Waals surface area contributed by atoms with Crippen molar-refractivity contribution in [2.75, 3.05) is 18.6 Å². The Bertz CT molecular complexity index is 943. The van der Waals surface area contributed by atoms with Gasteiger partial charge in [0.2, 0.25) is 0 Å². The Balaban J connectivity index is 1.92. The van der Waals surface area contributed by atoms with Gasteiger partial charge in [-0.1, -0.05) is 11.6 Å². The molecule has 0 aliphatic carbocycles. The summed E-state index contributed by atoms with van der Waals surface area (Å²) in [4.78, 5) is 9.26. The van der Waals surface area contributed by atoms with Crippen LogP contribution in [-0.2, 0) is 0 Å². The molecule has 3 aromatic rings. The van der Waals surface area contributed by atoms with Crippen molar-refractivity contribution in [1.82, 2.24) is 15.4 Å². The molecule has 0 fully saturated rings. The van der Waals surface area contributed by atoms with Gasteiger partial charge >= 0.3 is 0 Å². The first-order chi connectivity index (χ1) is 11.6. The van der Waals surface area contributed by atoms with Crippen LogP contribution in [0.25, 0.3) is 16.8 Å². The highest BCUT2D eigenvalue weighted by molar-refractivity contribution is 7.11. The van der Waals surface area contributed by atoms with Gasteiger partial charge in [0.15, 0.2) is 28.1 Å². The highest BCUT2D eigenvalue weighted by Crippen LogP contribution is 2.33. The quantitative estimate of drug-likeness (QED) is 0.727. The normalized spacial score (nSPS) is 14.7. The number of aliphatic hydroxyl groups excluding tert-OH is 1. The Morgan fingerprint density at radius 2 is 2.17 bits per heavy atom. The number of anilines is 1. The molecule has 122 valence electrons. The van der Waals surface area contributed by atoms with E-state index >= 15 is 0 Å². The standard InChI is InChI=1S/C16H13ClN4O2S/c1-21-16-14(19-11-7-9(17)4-5-10(11)20-16)15(12(22)8-18-21)23-13-3-2-6-24-13/h2-7,18,22H,8H2,1H3. The second kappa shape index (κ2) is 5.94. The molecule has 0 saturated carbocycles. The minimum Gasteiger partial charge on any atom is -0.507 e. The van der Waals surface area contributed by atoms with Gasteiger partial charge in [0, 0.05) is 12.1 Å². The third-order valence-electron chi connectivity index (χ3n) is 3.58. The van der Waals surface area contributed by atoms with E-state index in [1.54, 1.807) is 17.1 Å². The zero-order valence-electron chi connectivity index (χ0n) is 12.7. The lowest BCUT2D eigenvalue weighted by Gasteiger charge is -2.18. The summed E-state index contributed by atoms with van der Waals surface area (Å²) >= 11 is 7.50. The number of benzene rings is 1. The summed E-state index contributed by atoms with van der Waals surface area (Å²) in [6.45, 7) is 0.215. The predicted molar refractivity (Wildman–Crippen MR) is 95.4 cm³/mol. The monoisotopic (exact) mass is 360 g/mol. The maximum atomic E-state index is 10.4. The summed E-state index contributed by atoms with van der Waals surface area (Å²) in [7, 11) is 1.82. The zero-order chi connectivity index (χ0) is 16.7. The Morgan fingerprint density at radius 3 is 2.96 bits per heavy atom. The molecule has 6 nitrogen and oxygen atoms in total. The maximum Gasteiger partial charge on any atom is 0.196 e. The second-order valence-corrected chi connectivity index (χ2v) is 6.58. The number of nitrogens with one attached hydrogen (secondary N) is 1. The van der Waals surface area contributed by atoms with Gasteiger partial charge in [-0.05, 0) is 35.7 Å². The molecule has 3 heterocycles. The first-order valence-corrected chi connectivity index (χ1v) is 8.46. The third-order valence-corrected chi connectivity index (χ3v) is 4.56. The van der Waals surface area contributed by atoms with E-state index in [1.807, 2.05) is 30.6 Å². The molecular formula is C16H13ClN4O2S. The van der Waals surface area contributed by atoms with Crippen LogP contribution in [0.2, 0.25) is 5.02 Å². The lowest BCUT2D eigenvalue weighted by Crippen LogP contribution is -2.35. The van der Waals surface area contributed by atoms with E-state index in [0.717, 1.165) is 0 Å². The second-order valence-electron chi connectivity index (χ2n) is 5.23. The van der Waals surface area contributed by atoms with Crippen LogP contribution >= 0.6 is 22.9 Å². The molecule has 0 spiro atoms. The minimum absolute atomic E-state index is 0.0599. The van der Waals surface area contributed by atoms with Crippen molar-refractivity contribution in [2.24, 2.45) is 0 Å². The molecule has 2 aromatic heterocycles. The topological polar surface area (TPSA) is 70.5 Å². The fourth-order valence-electron chi connectivity index (χ4n) is 2.42. The van der Waals surface area contributed by atoms with Crippen LogP contribution in [-0.4, -0.2) is 28.7 Å². The van der Waals surface area contributed by atoms with Crippen LogP contribution in [0.1, 0.15) is 5.69 Å². The highest BCUT2D eigenvalue weighted by Gasteiger charge is 2.25. The number of aliphatic hydroxyl groups is 1. The smallest absolute Gasteiger partial charge is 0.196 e. The molecule has 2 N–H and O–H groups in total. The van der Waals surface area contributed by atoms with Gasteiger partial charge in [0.05, 0.1) is 17.6 Å². The molecular weight excluding hydrogens is 348 g/mol. The van der Waals surface area contributed by atoms with E-state index in [0.29, 0.717) is 38.4 Å². The number of fused-ring (bicyclic) bond motifs is 2. The Morgan fingerprint density at radius 1 is 1.29 bits per heavy atom. The molecule has 4 rings (SSSR count). The largest absolute Gasteiger partial charge is 0.507 e. The molecule has 0 bridgehead atoms. The fraction of sp³-hybridized carbons (Fsp3) is 0.125. The first-order valence-electron chi connectivity index (χ1n) is 7.20. The molecule has 0 unspecified atom stereocenters. The number of hydrazine groups is 1. The Labute approximate surface area is 147 Å². The third kappa shape index (κ3) is 2.66. The lowest BCUT2D eigenvalue weighted by molar-refractivity contribution is 0.370. The molecule has 8 heteroatoms. The van der Waals surface area contributed by atoms with Gasteiger partial charge in [-0.3, -0.25) is 5.01 Å².